The molecule has 2 N–H and O–H groups in total. The first-order chi connectivity index (χ1) is 14.5. The standard InChI is InChI=1S/C24H21N3O3/c1-27-21-11-8-16(15-6-9-19(30-2)10-7-15)13-20(21)23(26-14-22(27)28)17-4-3-5-18(12-17)24(25)29/h3-13H,14H2,1-2H3,(H2,25,29). The molecule has 0 aromatic heterocycles. The topological polar surface area (TPSA) is 85.0 Å². The van der Waals surface area contributed by atoms with Crippen LogP contribution in [0.3, 0.4) is 0 Å². The van der Waals surface area contributed by atoms with Gasteiger partial charge in [0.1, 0.15) is 12.3 Å². The Hall–Kier alpha value is -3.93. The lowest BCUT2D eigenvalue weighted by molar-refractivity contribution is -0.116. The van der Waals surface area contributed by atoms with Crippen molar-refractivity contribution in [3.63, 3.8) is 0 Å². The zero-order valence-electron chi connectivity index (χ0n) is 16.8. The third-order valence-corrected chi connectivity index (χ3v) is 5.20. The lowest BCUT2D eigenvalue weighted by Crippen LogP contribution is -2.27. The molecule has 0 atom stereocenters. The van der Waals surface area contributed by atoms with E-state index < -0.39 is 5.91 Å². The van der Waals surface area contributed by atoms with Gasteiger partial charge in [-0.2, -0.15) is 0 Å². The van der Waals surface area contributed by atoms with E-state index in [-0.39, 0.29) is 12.5 Å². The number of benzene rings is 3. The van der Waals surface area contributed by atoms with Crippen LogP contribution in [0.2, 0.25) is 0 Å². The highest BCUT2D eigenvalue weighted by molar-refractivity contribution is 6.20. The van der Waals surface area contributed by atoms with Crippen molar-refractivity contribution in [3.05, 3.63) is 83.4 Å². The van der Waals surface area contributed by atoms with Crippen molar-refractivity contribution in [1.82, 2.24) is 0 Å². The fourth-order valence-corrected chi connectivity index (χ4v) is 3.52. The van der Waals surface area contributed by atoms with Gasteiger partial charge in [0.15, 0.2) is 0 Å². The highest BCUT2D eigenvalue weighted by Crippen LogP contribution is 2.32. The van der Waals surface area contributed by atoms with E-state index in [4.69, 9.17) is 10.5 Å². The summed E-state index contributed by atoms with van der Waals surface area (Å²) in [6, 6.07) is 20.7. The molecule has 0 bridgehead atoms. The van der Waals surface area contributed by atoms with Crippen molar-refractivity contribution in [2.45, 2.75) is 0 Å². The van der Waals surface area contributed by atoms with E-state index in [2.05, 4.69) is 4.99 Å². The number of benzodiazepines with no additional fused rings is 1. The molecule has 1 aliphatic rings. The van der Waals surface area contributed by atoms with Gasteiger partial charge in [-0.3, -0.25) is 14.6 Å². The molecule has 0 saturated carbocycles. The Kier molecular flexibility index (Phi) is 5.06. The summed E-state index contributed by atoms with van der Waals surface area (Å²) in [4.78, 5) is 30.3. The maximum absolute atomic E-state index is 12.5. The molecule has 0 fully saturated rings. The van der Waals surface area contributed by atoms with Crippen molar-refractivity contribution in [3.8, 4) is 16.9 Å². The second kappa shape index (κ2) is 7.83. The van der Waals surface area contributed by atoms with Crippen LogP contribution in [-0.2, 0) is 4.79 Å². The lowest BCUT2D eigenvalue weighted by atomic mass is 9.94. The van der Waals surface area contributed by atoms with Gasteiger partial charge in [-0.15, -0.1) is 0 Å². The Bertz CT molecular complexity index is 1170. The van der Waals surface area contributed by atoms with Crippen LogP contribution in [0.15, 0.2) is 71.7 Å². The molecule has 6 heteroatoms. The van der Waals surface area contributed by atoms with Crippen LogP contribution in [0.5, 0.6) is 5.75 Å². The van der Waals surface area contributed by atoms with E-state index in [9.17, 15) is 9.59 Å². The van der Waals surface area contributed by atoms with Gasteiger partial charge in [-0.25, -0.2) is 0 Å². The van der Waals surface area contributed by atoms with Gasteiger partial charge in [0.25, 0.3) is 0 Å². The lowest BCUT2D eigenvalue weighted by Gasteiger charge is -2.19. The van der Waals surface area contributed by atoms with Gasteiger partial charge >= 0.3 is 0 Å². The number of carbonyl (C=O) groups excluding carboxylic acids is 2. The van der Waals surface area contributed by atoms with Crippen molar-refractivity contribution in [1.29, 1.82) is 0 Å². The summed E-state index contributed by atoms with van der Waals surface area (Å²) < 4.78 is 5.24. The number of aliphatic imine (C=N–C) groups is 1. The molecule has 1 heterocycles. The monoisotopic (exact) mass is 399 g/mol. The second-order valence-corrected chi connectivity index (χ2v) is 7.02. The molecule has 0 saturated heterocycles. The summed E-state index contributed by atoms with van der Waals surface area (Å²) in [5.41, 5.74) is 10.8. The summed E-state index contributed by atoms with van der Waals surface area (Å²) >= 11 is 0. The van der Waals surface area contributed by atoms with E-state index in [0.717, 1.165) is 33.7 Å². The Balaban J connectivity index is 1.87. The van der Waals surface area contributed by atoms with E-state index in [1.807, 2.05) is 48.5 Å². The highest BCUT2D eigenvalue weighted by atomic mass is 16.5. The van der Waals surface area contributed by atoms with Crippen LogP contribution in [0.1, 0.15) is 21.5 Å². The first-order valence-corrected chi connectivity index (χ1v) is 9.48. The van der Waals surface area contributed by atoms with Gasteiger partial charge in [-0.1, -0.05) is 30.3 Å². The molecule has 0 spiro atoms. The first-order valence-electron chi connectivity index (χ1n) is 9.48. The maximum atomic E-state index is 12.5. The Morgan fingerprint density at radius 2 is 1.73 bits per heavy atom. The number of primary amides is 1. The fraction of sp³-hybridized carbons (Fsp3) is 0.125. The maximum Gasteiger partial charge on any atom is 0.248 e. The van der Waals surface area contributed by atoms with Crippen LogP contribution in [-0.4, -0.2) is 38.2 Å². The highest BCUT2D eigenvalue weighted by Gasteiger charge is 2.23. The van der Waals surface area contributed by atoms with E-state index in [1.54, 1.807) is 37.3 Å². The first kappa shape index (κ1) is 19.4. The summed E-state index contributed by atoms with van der Waals surface area (Å²) in [6.07, 6.45) is 0. The molecule has 0 aliphatic carbocycles. The summed E-state index contributed by atoms with van der Waals surface area (Å²) in [6.45, 7) is 0.0270. The number of anilines is 1. The Labute approximate surface area is 174 Å². The average molecular weight is 399 g/mol. The quantitative estimate of drug-likeness (QED) is 0.731. The van der Waals surface area contributed by atoms with E-state index in [1.165, 1.54) is 0 Å². The number of nitrogens with two attached hydrogens (primary N) is 1. The number of fused-ring (bicyclic) bond motifs is 1. The molecule has 0 radical (unpaired) electrons. The van der Waals surface area contributed by atoms with Gasteiger partial charge < -0.3 is 15.4 Å². The second-order valence-electron chi connectivity index (χ2n) is 7.02. The molecule has 3 aromatic rings. The number of carbonyl (C=O) groups is 2. The van der Waals surface area contributed by atoms with Gasteiger partial charge in [-0.05, 0) is 47.5 Å². The number of amides is 2. The SMILES string of the molecule is COc1ccc(-c2ccc3c(c2)C(c2cccc(C(N)=O)c2)=NCC(=O)N3C)cc1. The van der Waals surface area contributed by atoms with Crippen molar-refractivity contribution < 1.29 is 14.3 Å². The number of hydrogen-bond donors (Lipinski definition) is 1. The van der Waals surface area contributed by atoms with Crippen molar-refractivity contribution >= 4 is 23.2 Å². The smallest absolute Gasteiger partial charge is 0.248 e. The zero-order chi connectivity index (χ0) is 21.3. The third kappa shape index (κ3) is 3.55. The summed E-state index contributed by atoms with van der Waals surface area (Å²) in [5, 5.41) is 0. The van der Waals surface area contributed by atoms with Crippen LogP contribution in [0.4, 0.5) is 5.69 Å². The number of ether oxygens (including phenoxy) is 1. The van der Waals surface area contributed by atoms with Crippen molar-refractivity contribution in [2.24, 2.45) is 10.7 Å². The number of likely N-dealkylation sites (N-methyl/N-ethyl adjacent to an activating group) is 1. The molecule has 4 rings (SSSR count). The molecular weight excluding hydrogens is 378 g/mol. The molecule has 150 valence electrons. The molecule has 0 unspecified atom stereocenters. The van der Waals surface area contributed by atoms with E-state index >= 15 is 0 Å². The summed E-state index contributed by atoms with van der Waals surface area (Å²) in [7, 11) is 3.37. The number of rotatable bonds is 4. The number of hydrogen-bond acceptors (Lipinski definition) is 4. The molecule has 30 heavy (non-hydrogen) atoms. The largest absolute Gasteiger partial charge is 0.497 e. The minimum Gasteiger partial charge on any atom is -0.497 e. The van der Waals surface area contributed by atoms with Gasteiger partial charge in [0.05, 0.1) is 18.5 Å². The number of methoxy groups -OCH3 is 1. The molecule has 1 aliphatic heterocycles. The minimum absolute atomic E-state index is 0.0270. The summed E-state index contributed by atoms with van der Waals surface area (Å²) in [5.74, 6) is 0.172. The third-order valence-electron chi connectivity index (χ3n) is 5.20. The average Bonchev–Trinajstić information content (AvgIpc) is 2.90. The molecular formula is C24H21N3O3. The Morgan fingerprint density at radius 1 is 1.00 bits per heavy atom. The minimum atomic E-state index is -0.508. The van der Waals surface area contributed by atoms with Crippen LogP contribution in [0, 0.1) is 0 Å². The fourth-order valence-electron chi connectivity index (χ4n) is 3.52. The molecule has 3 aromatic carbocycles. The number of nitrogens with zero attached hydrogens (tertiary/aromatic N) is 2. The van der Waals surface area contributed by atoms with Gasteiger partial charge in [0.2, 0.25) is 11.8 Å². The molecule has 6 nitrogen and oxygen atoms in total. The van der Waals surface area contributed by atoms with Crippen LogP contribution >= 0.6 is 0 Å². The van der Waals surface area contributed by atoms with Crippen LogP contribution < -0.4 is 15.4 Å². The predicted molar refractivity (Wildman–Crippen MR) is 117 cm³/mol. The van der Waals surface area contributed by atoms with Crippen LogP contribution in [0.25, 0.3) is 11.1 Å². The van der Waals surface area contributed by atoms with Gasteiger partial charge in [0, 0.05) is 23.7 Å². The Morgan fingerprint density at radius 3 is 2.43 bits per heavy atom. The van der Waals surface area contributed by atoms with E-state index in [0.29, 0.717) is 11.3 Å². The normalized spacial score (nSPS) is 13.3. The predicted octanol–water partition coefficient (Wildman–Crippen LogP) is 3.27. The van der Waals surface area contributed by atoms with Crippen molar-refractivity contribution in [2.75, 3.05) is 25.6 Å². The zero-order valence-corrected chi connectivity index (χ0v) is 16.8. The molecule has 2 amide bonds.